The number of H-pyrrole nitrogens is 1. The Morgan fingerprint density at radius 1 is 1.27 bits per heavy atom. The number of rotatable bonds is 5. The maximum absolute atomic E-state index is 13.1. The van der Waals surface area contributed by atoms with Crippen molar-refractivity contribution in [3.63, 3.8) is 0 Å². The van der Waals surface area contributed by atoms with Crippen LogP contribution in [0.3, 0.4) is 0 Å². The number of hydrogen-bond donors (Lipinski definition) is 2. The van der Waals surface area contributed by atoms with Gasteiger partial charge in [0.1, 0.15) is 17.8 Å². The molecule has 1 saturated heterocycles. The van der Waals surface area contributed by atoms with Gasteiger partial charge < -0.3 is 9.88 Å². The first kappa shape index (κ1) is 19.7. The topological polar surface area (TPSA) is 111 Å². The lowest BCUT2D eigenvalue weighted by atomic mass is 9.92. The molecule has 2 aromatic rings. The Morgan fingerprint density at radius 2 is 2.03 bits per heavy atom. The van der Waals surface area contributed by atoms with E-state index in [1.165, 1.54) is 10.6 Å². The average molecular weight is 433 g/mol. The number of carbonyl (C=O) groups excluding carboxylic acids is 1. The maximum atomic E-state index is 13.1. The first-order chi connectivity index (χ1) is 14.4. The summed E-state index contributed by atoms with van der Waals surface area (Å²) in [6, 6.07) is 1.94. The average Bonchev–Trinajstić information content (AvgIpc) is 3.16. The van der Waals surface area contributed by atoms with Gasteiger partial charge in [0.25, 0.3) is 0 Å². The van der Waals surface area contributed by atoms with Crippen molar-refractivity contribution >= 4 is 33.0 Å². The summed E-state index contributed by atoms with van der Waals surface area (Å²) >= 11 is 0. The SMILES string of the molecule is CC(C(=O)NS(=O)(=O)N1CCN(c2ncnc3[nH]ccc23)CC12CC2)C1CCCC1. The number of nitrogens with one attached hydrogen (secondary N) is 2. The third kappa shape index (κ3) is 3.35. The molecule has 30 heavy (non-hydrogen) atoms. The van der Waals surface area contributed by atoms with Crippen LogP contribution in [-0.4, -0.2) is 58.8 Å². The number of anilines is 1. The summed E-state index contributed by atoms with van der Waals surface area (Å²) in [5.74, 6) is 0.462. The van der Waals surface area contributed by atoms with Crippen LogP contribution in [0.4, 0.5) is 5.82 Å². The summed E-state index contributed by atoms with van der Waals surface area (Å²) in [5, 5.41) is 0.934. The van der Waals surface area contributed by atoms with E-state index in [-0.39, 0.29) is 17.7 Å². The van der Waals surface area contributed by atoms with Crippen molar-refractivity contribution in [3.8, 4) is 0 Å². The highest BCUT2D eigenvalue weighted by Gasteiger charge is 2.56. The fourth-order valence-corrected chi connectivity index (χ4v) is 6.75. The van der Waals surface area contributed by atoms with Gasteiger partial charge in [-0.3, -0.25) is 4.79 Å². The molecule has 2 aromatic heterocycles. The first-order valence-corrected chi connectivity index (χ1v) is 12.2. The number of fused-ring (bicyclic) bond motifs is 1. The van der Waals surface area contributed by atoms with Crippen LogP contribution in [0.25, 0.3) is 11.0 Å². The molecule has 5 rings (SSSR count). The molecule has 0 bridgehead atoms. The zero-order valence-corrected chi connectivity index (χ0v) is 18.0. The lowest BCUT2D eigenvalue weighted by Gasteiger charge is -2.41. The van der Waals surface area contributed by atoms with Crippen molar-refractivity contribution in [3.05, 3.63) is 18.6 Å². The predicted molar refractivity (Wildman–Crippen MR) is 113 cm³/mol. The van der Waals surface area contributed by atoms with Crippen LogP contribution in [0.1, 0.15) is 45.4 Å². The second kappa shape index (κ2) is 7.19. The molecule has 1 spiro atoms. The summed E-state index contributed by atoms with van der Waals surface area (Å²) in [7, 11) is -3.87. The summed E-state index contributed by atoms with van der Waals surface area (Å²) in [6.07, 6.45) is 9.19. The fourth-order valence-electron chi connectivity index (χ4n) is 5.13. The van der Waals surface area contributed by atoms with E-state index in [9.17, 15) is 13.2 Å². The van der Waals surface area contributed by atoms with Gasteiger partial charge in [0.2, 0.25) is 5.91 Å². The van der Waals surface area contributed by atoms with E-state index in [2.05, 4.69) is 24.6 Å². The second-order valence-corrected chi connectivity index (χ2v) is 10.6. The van der Waals surface area contributed by atoms with Gasteiger partial charge in [-0.15, -0.1) is 0 Å². The Kier molecular flexibility index (Phi) is 4.73. The zero-order chi connectivity index (χ0) is 20.9. The Morgan fingerprint density at radius 3 is 2.77 bits per heavy atom. The minimum atomic E-state index is -3.87. The molecule has 0 aromatic carbocycles. The van der Waals surface area contributed by atoms with Gasteiger partial charge in [-0.05, 0) is 37.7 Å². The monoisotopic (exact) mass is 432 g/mol. The maximum Gasteiger partial charge on any atom is 0.304 e. The molecule has 1 unspecified atom stereocenters. The molecule has 3 heterocycles. The van der Waals surface area contributed by atoms with Crippen LogP contribution in [0, 0.1) is 11.8 Å². The van der Waals surface area contributed by atoms with Crippen LogP contribution in [0.5, 0.6) is 0 Å². The molecule has 2 aliphatic carbocycles. The summed E-state index contributed by atoms with van der Waals surface area (Å²) in [4.78, 5) is 26.6. The van der Waals surface area contributed by atoms with Gasteiger partial charge in [-0.25, -0.2) is 14.7 Å². The van der Waals surface area contributed by atoms with E-state index < -0.39 is 15.7 Å². The summed E-state index contributed by atoms with van der Waals surface area (Å²) in [5.41, 5.74) is 0.308. The molecule has 3 fully saturated rings. The first-order valence-electron chi connectivity index (χ1n) is 10.8. The quantitative estimate of drug-likeness (QED) is 0.745. The van der Waals surface area contributed by atoms with Gasteiger partial charge in [-0.2, -0.15) is 12.7 Å². The number of piperazine rings is 1. The summed E-state index contributed by atoms with van der Waals surface area (Å²) in [6.45, 7) is 3.27. The molecule has 3 aliphatic rings. The number of carbonyl (C=O) groups is 1. The zero-order valence-electron chi connectivity index (χ0n) is 17.2. The number of aromatic nitrogens is 3. The molecular formula is C20H28N6O3S. The van der Waals surface area contributed by atoms with Gasteiger partial charge in [-0.1, -0.05) is 19.8 Å². The van der Waals surface area contributed by atoms with Crippen molar-refractivity contribution in [2.75, 3.05) is 24.5 Å². The molecule has 0 radical (unpaired) electrons. The molecule has 1 atom stereocenters. The second-order valence-electron chi connectivity index (χ2n) is 8.96. The minimum absolute atomic E-state index is 0.276. The number of hydrogen-bond acceptors (Lipinski definition) is 6. The molecule has 2 saturated carbocycles. The summed E-state index contributed by atoms with van der Waals surface area (Å²) < 4.78 is 30.2. The molecule has 2 N–H and O–H groups in total. The smallest absolute Gasteiger partial charge is 0.304 e. The Labute approximate surface area is 176 Å². The molecule has 162 valence electrons. The van der Waals surface area contributed by atoms with Crippen LogP contribution in [0.15, 0.2) is 18.6 Å². The predicted octanol–water partition coefficient (Wildman–Crippen LogP) is 1.80. The van der Waals surface area contributed by atoms with E-state index in [4.69, 9.17) is 0 Å². The number of nitrogens with zero attached hydrogens (tertiary/aromatic N) is 4. The van der Waals surface area contributed by atoms with Crippen molar-refractivity contribution in [2.45, 2.75) is 51.0 Å². The van der Waals surface area contributed by atoms with Crippen molar-refractivity contribution in [2.24, 2.45) is 11.8 Å². The minimum Gasteiger partial charge on any atom is -0.353 e. The third-order valence-corrected chi connectivity index (χ3v) is 8.70. The lowest BCUT2D eigenvalue weighted by Crippen LogP contribution is -2.60. The van der Waals surface area contributed by atoms with Gasteiger partial charge in [0, 0.05) is 31.7 Å². The Bertz CT molecular complexity index is 1060. The van der Waals surface area contributed by atoms with E-state index in [1.807, 2.05) is 19.2 Å². The number of aromatic amines is 1. The van der Waals surface area contributed by atoms with Crippen LogP contribution < -0.4 is 9.62 Å². The van der Waals surface area contributed by atoms with Gasteiger partial charge in [0.15, 0.2) is 0 Å². The molecule has 10 heteroatoms. The highest BCUT2D eigenvalue weighted by Crippen LogP contribution is 2.46. The number of amides is 1. The largest absolute Gasteiger partial charge is 0.353 e. The van der Waals surface area contributed by atoms with Crippen LogP contribution in [-0.2, 0) is 15.0 Å². The van der Waals surface area contributed by atoms with Gasteiger partial charge in [0.05, 0.1) is 10.9 Å². The fraction of sp³-hybridized carbons (Fsp3) is 0.650. The Balaban J connectivity index is 1.32. The third-order valence-electron chi connectivity index (χ3n) is 7.09. The standard InChI is InChI=1S/C20H28N6O3S/c1-14(15-4-2-3-5-15)19(27)24-30(28,29)26-11-10-25(12-20(26)7-8-20)18-16-6-9-21-17(16)22-13-23-18/h6,9,13-15H,2-5,7-8,10-12H2,1H3,(H,24,27)(H,21,22,23). The molecule has 1 amide bonds. The van der Waals surface area contributed by atoms with Crippen LogP contribution >= 0.6 is 0 Å². The van der Waals surface area contributed by atoms with E-state index >= 15 is 0 Å². The van der Waals surface area contributed by atoms with Crippen LogP contribution in [0.2, 0.25) is 0 Å². The van der Waals surface area contributed by atoms with E-state index in [0.717, 1.165) is 55.4 Å². The molecule has 9 nitrogen and oxygen atoms in total. The highest BCUT2D eigenvalue weighted by molar-refractivity contribution is 7.87. The lowest BCUT2D eigenvalue weighted by molar-refractivity contribution is -0.124. The Hall–Kier alpha value is -2.20. The van der Waals surface area contributed by atoms with Crippen molar-refractivity contribution < 1.29 is 13.2 Å². The van der Waals surface area contributed by atoms with Crippen molar-refractivity contribution in [1.82, 2.24) is 24.0 Å². The normalized spacial score (nSPS) is 23.2. The van der Waals surface area contributed by atoms with E-state index in [0.29, 0.717) is 19.6 Å². The molecule has 1 aliphatic heterocycles. The molecular weight excluding hydrogens is 404 g/mol. The van der Waals surface area contributed by atoms with E-state index in [1.54, 1.807) is 0 Å². The highest BCUT2D eigenvalue weighted by atomic mass is 32.2. The van der Waals surface area contributed by atoms with Gasteiger partial charge >= 0.3 is 10.2 Å². The van der Waals surface area contributed by atoms with Crippen molar-refractivity contribution in [1.29, 1.82) is 0 Å².